The highest BCUT2D eigenvalue weighted by atomic mass is 19.1. The summed E-state index contributed by atoms with van der Waals surface area (Å²) < 4.78 is 13.6. The molecule has 6 nitrogen and oxygen atoms in total. The molecule has 0 saturated heterocycles. The van der Waals surface area contributed by atoms with Gasteiger partial charge in [0.2, 0.25) is 5.91 Å². The quantitative estimate of drug-likeness (QED) is 0.854. The van der Waals surface area contributed by atoms with Crippen molar-refractivity contribution >= 4 is 22.5 Å². The number of nitriles is 1. The number of aromatic nitrogens is 1. The second-order valence-electron chi connectivity index (χ2n) is 6.82. The zero-order valence-electron chi connectivity index (χ0n) is 15.8. The summed E-state index contributed by atoms with van der Waals surface area (Å²) >= 11 is 0. The van der Waals surface area contributed by atoms with Crippen LogP contribution >= 0.6 is 0 Å². The molecule has 1 aromatic carbocycles. The Hall–Kier alpha value is -3.27. The molecule has 2 heterocycles. The number of aromatic amines is 1. The van der Waals surface area contributed by atoms with Gasteiger partial charge in [0.15, 0.2) is 6.04 Å². The summed E-state index contributed by atoms with van der Waals surface area (Å²) in [6.07, 6.45) is 3.35. The lowest BCUT2D eigenvalue weighted by Gasteiger charge is -2.24. The monoisotopic (exact) mass is 379 g/mol. The fourth-order valence-electron chi connectivity index (χ4n) is 3.38. The number of nitrogens with one attached hydrogen (secondary N) is 2. The number of dihydropyridines is 1. The summed E-state index contributed by atoms with van der Waals surface area (Å²) in [5.41, 5.74) is 1.75. The van der Waals surface area contributed by atoms with Gasteiger partial charge in [-0.3, -0.25) is 14.6 Å². The van der Waals surface area contributed by atoms with Gasteiger partial charge in [-0.05, 0) is 50.6 Å². The first-order chi connectivity index (χ1) is 13.3. The number of pyridine rings is 1. The maximum absolute atomic E-state index is 13.6. The third-order valence-electron chi connectivity index (χ3n) is 4.88. The largest absolute Gasteiger partial charge is 0.352 e. The van der Waals surface area contributed by atoms with Gasteiger partial charge >= 0.3 is 0 Å². The SMILES string of the molecule is CC1=NC(C#N)C=C[C]1[C@H](C)NC(=O)Cc1c(C)c2cc(F)ccc2[nH]c1=O. The van der Waals surface area contributed by atoms with E-state index in [1.54, 1.807) is 26.0 Å². The minimum Gasteiger partial charge on any atom is -0.352 e. The van der Waals surface area contributed by atoms with E-state index >= 15 is 0 Å². The molecular weight excluding hydrogens is 359 g/mol. The van der Waals surface area contributed by atoms with Crippen molar-refractivity contribution in [2.45, 2.75) is 39.3 Å². The van der Waals surface area contributed by atoms with Crippen molar-refractivity contribution in [3.05, 3.63) is 63.6 Å². The second-order valence-corrected chi connectivity index (χ2v) is 6.82. The molecule has 0 fully saturated rings. The van der Waals surface area contributed by atoms with E-state index in [1.165, 1.54) is 18.2 Å². The number of fused-ring (bicyclic) bond motifs is 1. The summed E-state index contributed by atoms with van der Waals surface area (Å²) in [6, 6.07) is 5.35. The molecule has 7 heteroatoms. The fourth-order valence-corrected chi connectivity index (χ4v) is 3.38. The van der Waals surface area contributed by atoms with E-state index in [9.17, 15) is 14.0 Å². The number of hydrogen-bond acceptors (Lipinski definition) is 4. The molecule has 0 saturated carbocycles. The molecule has 143 valence electrons. The third-order valence-corrected chi connectivity index (χ3v) is 4.88. The summed E-state index contributed by atoms with van der Waals surface area (Å²) in [7, 11) is 0. The van der Waals surface area contributed by atoms with Crippen LogP contribution in [-0.2, 0) is 11.2 Å². The first-order valence-corrected chi connectivity index (χ1v) is 8.90. The zero-order valence-corrected chi connectivity index (χ0v) is 15.8. The van der Waals surface area contributed by atoms with Gasteiger partial charge in [-0.15, -0.1) is 0 Å². The number of rotatable bonds is 4. The van der Waals surface area contributed by atoms with Crippen molar-refractivity contribution in [2.24, 2.45) is 4.99 Å². The number of aliphatic imine (C=N–C) groups is 1. The number of nitrogens with zero attached hydrogens (tertiary/aromatic N) is 2. The Morgan fingerprint density at radius 2 is 2.18 bits per heavy atom. The van der Waals surface area contributed by atoms with Crippen molar-refractivity contribution in [1.29, 1.82) is 5.26 Å². The lowest BCUT2D eigenvalue weighted by molar-refractivity contribution is -0.120. The number of benzene rings is 1. The Bertz CT molecular complexity index is 1090. The maximum Gasteiger partial charge on any atom is 0.252 e. The van der Waals surface area contributed by atoms with Crippen molar-refractivity contribution in [3.63, 3.8) is 0 Å². The summed E-state index contributed by atoms with van der Waals surface area (Å²) in [5.74, 6) is 0.0802. The third kappa shape index (κ3) is 3.86. The molecule has 1 amide bonds. The Kier molecular flexibility index (Phi) is 5.41. The van der Waals surface area contributed by atoms with Gasteiger partial charge < -0.3 is 10.3 Å². The molecular formula is C21H20FN4O2. The highest BCUT2D eigenvalue weighted by Crippen LogP contribution is 2.20. The van der Waals surface area contributed by atoms with Gasteiger partial charge in [0.05, 0.1) is 18.4 Å². The average Bonchev–Trinajstić information content (AvgIpc) is 2.65. The highest BCUT2D eigenvalue weighted by Gasteiger charge is 2.24. The Morgan fingerprint density at radius 3 is 2.86 bits per heavy atom. The van der Waals surface area contributed by atoms with Crippen LogP contribution in [0.15, 0.2) is 40.1 Å². The summed E-state index contributed by atoms with van der Waals surface area (Å²) in [5, 5.41) is 12.4. The molecule has 2 atom stereocenters. The van der Waals surface area contributed by atoms with Gasteiger partial charge in [0.1, 0.15) is 5.82 Å². The molecule has 1 unspecified atom stereocenters. The van der Waals surface area contributed by atoms with Crippen LogP contribution in [0.3, 0.4) is 0 Å². The smallest absolute Gasteiger partial charge is 0.252 e. The molecule has 2 N–H and O–H groups in total. The van der Waals surface area contributed by atoms with E-state index in [0.717, 1.165) is 5.92 Å². The van der Waals surface area contributed by atoms with Crippen LogP contribution in [0.1, 0.15) is 25.0 Å². The van der Waals surface area contributed by atoms with Crippen LogP contribution in [0.5, 0.6) is 0 Å². The second kappa shape index (κ2) is 7.77. The molecule has 28 heavy (non-hydrogen) atoms. The molecule has 0 bridgehead atoms. The average molecular weight is 379 g/mol. The van der Waals surface area contributed by atoms with Gasteiger partial charge in [-0.2, -0.15) is 5.26 Å². The van der Waals surface area contributed by atoms with Crippen LogP contribution in [-0.4, -0.2) is 28.7 Å². The predicted octanol–water partition coefficient (Wildman–Crippen LogP) is 2.52. The van der Waals surface area contributed by atoms with E-state index in [4.69, 9.17) is 5.26 Å². The van der Waals surface area contributed by atoms with E-state index in [0.29, 0.717) is 27.7 Å². The van der Waals surface area contributed by atoms with Crippen LogP contribution in [0, 0.1) is 30.0 Å². The van der Waals surface area contributed by atoms with Gasteiger partial charge in [-0.25, -0.2) is 4.39 Å². The minimum absolute atomic E-state index is 0.119. The first kappa shape index (κ1) is 19.5. The van der Waals surface area contributed by atoms with Crippen molar-refractivity contribution in [3.8, 4) is 6.07 Å². The predicted molar refractivity (Wildman–Crippen MR) is 105 cm³/mol. The molecule has 2 aromatic rings. The van der Waals surface area contributed by atoms with Crippen molar-refractivity contribution in [2.75, 3.05) is 0 Å². The highest BCUT2D eigenvalue weighted by molar-refractivity contribution is 6.00. The Balaban J connectivity index is 1.78. The number of hydrogen-bond donors (Lipinski definition) is 2. The molecule has 0 spiro atoms. The topological polar surface area (TPSA) is 98.1 Å². The lowest BCUT2D eigenvalue weighted by Crippen LogP contribution is -2.41. The van der Waals surface area contributed by atoms with Crippen molar-refractivity contribution in [1.82, 2.24) is 10.3 Å². The normalized spacial score (nSPS) is 17.8. The van der Waals surface area contributed by atoms with Crippen LogP contribution in [0.4, 0.5) is 4.39 Å². The van der Waals surface area contributed by atoms with E-state index in [-0.39, 0.29) is 23.9 Å². The minimum atomic E-state index is -0.508. The van der Waals surface area contributed by atoms with Crippen LogP contribution in [0.25, 0.3) is 10.9 Å². The van der Waals surface area contributed by atoms with Crippen LogP contribution in [0.2, 0.25) is 0 Å². The summed E-state index contributed by atoms with van der Waals surface area (Å²) in [6.45, 7) is 5.31. The number of carbonyl (C=O) groups is 1. The molecule has 1 aliphatic heterocycles. The molecule has 1 aliphatic rings. The van der Waals surface area contributed by atoms with E-state index in [1.807, 2.05) is 6.92 Å². The number of amides is 1. The van der Waals surface area contributed by atoms with E-state index < -0.39 is 11.9 Å². The van der Waals surface area contributed by atoms with E-state index in [2.05, 4.69) is 21.4 Å². The fraction of sp³-hybridized carbons (Fsp3) is 0.286. The van der Waals surface area contributed by atoms with Crippen LogP contribution < -0.4 is 10.9 Å². The lowest BCUT2D eigenvalue weighted by atomic mass is 9.92. The first-order valence-electron chi connectivity index (χ1n) is 8.90. The molecule has 0 aliphatic carbocycles. The zero-order chi connectivity index (χ0) is 20.4. The number of aryl methyl sites for hydroxylation is 1. The number of H-pyrrole nitrogens is 1. The Morgan fingerprint density at radius 1 is 1.43 bits per heavy atom. The number of halogens is 1. The van der Waals surface area contributed by atoms with Gasteiger partial charge in [-0.1, -0.05) is 6.08 Å². The molecule has 3 rings (SSSR count). The Labute approximate surface area is 161 Å². The van der Waals surface area contributed by atoms with Gasteiger partial charge in [0, 0.05) is 28.2 Å². The van der Waals surface area contributed by atoms with Gasteiger partial charge in [0.25, 0.3) is 5.56 Å². The number of carbonyl (C=O) groups excluding carboxylic acids is 1. The standard InChI is InChI=1S/C21H20FN4O2/c1-11-17-8-14(22)4-7-19(17)26-21(28)18(11)9-20(27)25-13(3)16-6-5-15(10-23)24-12(16)2/h4-8,13,15H,9H2,1-3H3,(H,25,27)(H,26,28)/t13-,15?/m0/s1. The molecule has 1 radical (unpaired) electrons. The molecule has 1 aromatic heterocycles. The van der Waals surface area contributed by atoms with Crippen molar-refractivity contribution < 1.29 is 9.18 Å². The summed E-state index contributed by atoms with van der Waals surface area (Å²) in [4.78, 5) is 31.9. The maximum atomic E-state index is 13.6.